The third kappa shape index (κ3) is 4.44. The predicted molar refractivity (Wildman–Crippen MR) is 96.3 cm³/mol. The maximum atomic E-state index is 11.6. The number of carbonyl (C=O) groups is 1. The van der Waals surface area contributed by atoms with Crippen LogP contribution in [0.1, 0.15) is 40.0 Å². The topological polar surface area (TPSA) is 44.4 Å². The Hall–Kier alpha value is -1.62. The van der Waals surface area contributed by atoms with Gasteiger partial charge in [0.05, 0.1) is 0 Å². The molecule has 0 aromatic heterocycles. The van der Waals surface area contributed by atoms with E-state index in [1.54, 1.807) is 0 Å². The maximum absolute atomic E-state index is 11.6. The van der Waals surface area contributed by atoms with Crippen LogP contribution in [0.2, 0.25) is 0 Å². The summed E-state index contributed by atoms with van der Waals surface area (Å²) in [6.07, 6.45) is 3.84. The molecule has 5 heteroatoms. The van der Waals surface area contributed by atoms with Crippen LogP contribution < -0.4 is 15.5 Å². The van der Waals surface area contributed by atoms with Crippen molar-refractivity contribution >= 4 is 34.6 Å². The van der Waals surface area contributed by atoms with Crippen molar-refractivity contribution in [2.75, 3.05) is 16.8 Å². The molecule has 1 atom stereocenters. The fraction of sp³-hybridized carbons (Fsp3) is 0.529. The first-order valence-corrected chi connectivity index (χ1v) is 8.36. The van der Waals surface area contributed by atoms with Crippen LogP contribution in [0.5, 0.6) is 0 Å². The highest BCUT2D eigenvalue weighted by Crippen LogP contribution is 2.25. The predicted octanol–water partition coefficient (Wildman–Crippen LogP) is 3.53. The fourth-order valence-corrected chi connectivity index (χ4v) is 2.85. The van der Waals surface area contributed by atoms with Crippen LogP contribution in [0.25, 0.3) is 0 Å². The number of hydrogen-bond donors (Lipinski definition) is 2. The van der Waals surface area contributed by atoms with Crippen LogP contribution in [-0.2, 0) is 4.79 Å². The van der Waals surface area contributed by atoms with Gasteiger partial charge in [0.25, 0.3) is 0 Å². The summed E-state index contributed by atoms with van der Waals surface area (Å²) in [5.41, 5.74) is 2.14. The molecule has 0 unspecified atom stereocenters. The molecular formula is C17H25N3OS. The van der Waals surface area contributed by atoms with Crippen LogP contribution in [0.3, 0.4) is 0 Å². The lowest BCUT2D eigenvalue weighted by molar-refractivity contribution is -0.122. The maximum Gasteiger partial charge on any atom is 0.228 e. The number of benzene rings is 1. The van der Waals surface area contributed by atoms with Crippen molar-refractivity contribution in [1.82, 2.24) is 5.32 Å². The van der Waals surface area contributed by atoms with Crippen molar-refractivity contribution in [2.24, 2.45) is 5.92 Å². The Morgan fingerprint density at radius 3 is 2.55 bits per heavy atom. The van der Waals surface area contributed by atoms with Crippen LogP contribution in [0, 0.1) is 5.92 Å². The molecule has 1 aliphatic rings. The van der Waals surface area contributed by atoms with Crippen LogP contribution in [0.15, 0.2) is 24.3 Å². The normalized spacial score (nSPS) is 18.2. The van der Waals surface area contributed by atoms with E-state index in [1.807, 2.05) is 26.0 Å². The van der Waals surface area contributed by atoms with Gasteiger partial charge in [0.15, 0.2) is 5.11 Å². The monoisotopic (exact) mass is 319 g/mol. The van der Waals surface area contributed by atoms with Gasteiger partial charge in [0, 0.05) is 29.9 Å². The standard InChI is InChI=1S/C17H25N3OS/c1-12(2)16(21)19-17(22)18-14-7-9-15(10-8-14)20-11-5-4-6-13(20)3/h7-10,12-13H,4-6,11H2,1-3H3,(H2,18,19,21,22)/t13-/m0/s1. The van der Waals surface area contributed by atoms with E-state index < -0.39 is 0 Å². The van der Waals surface area contributed by atoms with Gasteiger partial charge >= 0.3 is 0 Å². The third-order valence-corrected chi connectivity index (χ3v) is 4.23. The van der Waals surface area contributed by atoms with Crippen molar-refractivity contribution in [3.05, 3.63) is 24.3 Å². The highest BCUT2D eigenvalue weighted by atomic mass is 32.1. The van der Waals surface area contributed by atoms with Gasteiger partial charge in [-0.1, -0.05) is 13.8 Å². The van der Waals surface area contributed by atoms with Gasteiger partial charge in [-0.15, -0.1) is 0 Å². The molecule has 0 spiro atoms. The largest absolute Gasteiger partial charge is 0.369 e. The summed E-state index contributed by atoms with van der Waals surface area (Å²) < 4.78 is 0. The highest BCUT2D eigenvalue weighted by Gasteiger charge is 2.18. The molecule has 1 aromatic carbocycles. The van der Waals surface area contributed by atoms with Gasteiger partial charge in [-0.05, 0) is 62.7 Å². The average molecular weight is 319 g/mol. The number of nitrogens with zero attached hydrogens (tertiary/aromatic N) is 1. The number of thiocarbonyl (C=S) groups is 1. The molecule has 2 rings (SSSR count). The van der Waals surface area contributed by atoms with Gasteiger partial charge in [0.2, 0.25) is 5.91 Å². The number of piperidine rings is 1. The van der Waals surface area contributed by atoms with E-state index in [0.717, 1.165) is 12.2 Å². The van der Waals surface area contributed by atoms with E-state index >= 15 is 0 Å². The number of hydrogen-bond acceptors (Lipinski definition) is 3. The zero-order valence-corrected chi connectivity index (χ0v) is 14.4. The lowest BCUT2D eigenvalue weighted by atomic mass is 10.0. The molecule has 1 aromatic rings. The lowest BCUT2D eigenvalue weighted by Crippen LogP contribution is -2.37. The molecule has 0 saturated carbocycles. The molecule has 22 heavy (non-hydrogen) atoms. The first kappa shape index (κ1) is 16.7. The summed E-state index contributed by atoms with van der Waals surface area (Å²) in [4.78, 5) is 14.0. The number of carbonyl (C=O) groups excluding carboxylic acids is 1. The van der Waals surface area contributed by atoms with Gasteiger partial charge < -0.3 is 15.5 Å². The van der Waals surface area contributed by atoms with Gasteiger partial charge in [-0.25, -0.2) is 0 Å². The van der Waals surface area contributed by atoms with Crippen molar-refractivity contribution in [1.29, 1.82) is 0 Å². The van der Waals surface area contributed by atoms with E-state index in [2.05, 4.69) is 34.6 Å². The van der Waals surface area contributed by atoms with Gasteiger partial charge in [-0.2, -0.15) is 0 Å². The molecule has 1 amide bonds. The molecule has 120 valence electrons. The highest BCUT2D eigenvalue weighted by molar-refractivity contribution is 7.80. The molecule has 4 nitrogen and oxygen atoms in total. The van der Waals surface area contributed by atoms with Crippen molar-refractivity contribution in [3.8, 4) is 0 Å². The van der Waals surface area contributed by atoms with E-state index in [1.165, 1.54) is 24.9 Å². The molecule has 1 aliphatic heterocycles. The number of amides is 1. The number of rotatable bonds is 3. The Bertz CT molecular complexity index is 527. The summed E-state index contributed by atoms with van der Waals surface area (Å²) in [5, 5.41) is 6.08. The summed E-state index contributed by atoms with van der Waals surface area (Å²) >= 11 is 5.15. The summed E-state index contributed by atoms with van der Waals surface area (Å²) in [5.74, 6) is -0.154. The third-order valence-electron chi connectivity index (χ3n) is 4.02. The van der Waals surface area contributed by atoms with Gasteiger partial charge in [-0.3, -0.25) is 4.79 Å². The summed E-state index contributed by atoms with van der Waals surface area (Å²) in [6.45, 7) is 7.08. The van der Waals surface area contributed by atoms with Crippen LogP contribution in [0.4, 0.5) is 11.4 Å². The van der Waals surface area contributed by atoms with Crippen LogP contribution in [-0.4, -0.2) is 23.6 Å². The number of anilines is 2. The molecule has 1 saturated heterocycles. The zero-order valence-electron chi connectivity index (χ0n) is 13.6. The molecule has 2 N–H and O–H groups in total. The van der Waals surface area contributed by atoms with Gasteiger partial charge in [0.1, 0.15) is 0 Å². The molecule has 0 bridgehead atoms. The van der Waals surface area contributed by atoms with E-state index in [0.29, 0.717) is 11.2 Å². The Morgan fingerprint density at radius 1 is 1.27 bits per heavy atom. The van der Waals surface area contributed by atoms with E-state index in [-0.39, 0.29) is 11.8 Å². The fourth-order valence-electron chi connectivity index (χ4n) is 2.64. The second-order valence-electron chi connectivity index (χ2n) is 6.18. The van der Waals surface area contributed by atoms with Crippen molar-refractivity contribution in [3.63, 3.8) is 0 Å². The first-order valence-electron chi connectivity index (χ1n) is 7.96. The lowest BCUT2D eigenvalue weighted by Gasteiger charge is -2.35. The minimum absolute atomic E-state index is 0.0729. The SMILES string of the molecule is CC(C)C(=O)NC(=S)Nc1ccc(N2CCCC[C@@H]2C)cc1. The van der Waals surface area contributed by atoms with E-state index in [9.17, 15) is 4.79 Å². The Labute approximate surface area is 138 Å². The molecule has 0 aliphatic carbocycles. The quantitative estimate of drug-likeness (QED) is 0.837. The minimum Gasteiger partial charge on any atom is -0.369 e. The first-order chi connectivity index (χ1) is 10.5. The summed E-state index contributed by atoms with van der Waals surface area (Å²) in [6, 6.07) is 8.82. The Kier molecular flexibility index (Phi) is 5.77. The minimum atomic E-state index is -0.0808. The molecule has 1 heterocycles. The molecular weight excluding hydrogens is 294 g/mol. The van der Waals surface area contributed by atoms with E-state index in [4.69, 9.17) is 12.2 Å². The Balaban J connectivity index is 1.94. The molecule has 1 fully saturated rings. The smallest absolute Gasteiger partial charge is 0.228 e. The van der Waals surface area contributed by atoms with Crippen molar-refractivity contribution < 1.29 is 4.79 Å². The number of nitrogens with one attached hydrogen (secondary N) is 2. The second-order valence-corrected chi connectivity index (χ2v) is 6.59. The summed E-state index contributed by atoms with van der Waals surface area (Å²) in [7, 11) is 0. The average Bonchev–Trinajstić information content (AvgIpc) is 2.48. The molecule has 0 radical (unpaired) electrons. The second kappa shape index (κ2) is 7.58. The zero-order chi connectivity index (χ0) is 16.1. The Morgan fingerprint density at radius 2 is 1.95 bits per heavy atom. The van der Waals surface area contributed by atoms with Crippen molar-refractivity contribution in [2.45, 2.75) is 46.1 Å². The van der Waals surface area contributed by atoms with Crippen LogP contribution >= 0.6 is 12.2 Å².